The Labute approximate surface area is 196 Å². The smallest absolute Gasteiger partial charge is 0.496 e. The van der Waals surface area contributed by atoms with Crippen molar-refractivity contribution in [1.82, 2.24) is 10.6 Å². The van der Waals surface area contributed by atoms with Gasteiger partial charge < -0.3 is 25.2 Å². The Morgan fingerprint density at radius 3 is 2.38 bits per heavy atom. The minimum Gasteiger partial charge on any atom is -0.496 e. The normalized spacial score (nSPS) is 22.4. The first-order chi connectivity index (χ1) is 14.2. The van der Waals surface area contributed by atoms with E-state index in [0.29, 0.717) is 11.3 Å². The van der Waals surface area contributed by atoms with Gasteiger partial charge >= 0.3 is 12.3 Å². The number of halogens is 5. The lowest BCUT2D eigenvalue weighted by atomic mass is 9.91. The van der Waals surface area contributed by atoms with Crippen LogP contribution < -0.4 is 20.1 Å². The van der Waals surface area contributed by atoms with Crippen molar-refractivity contribution in [1.29, 1.82) is 0 Å². The summed E-state index contributed by atoms with van der Waals surface area (Å²) in [5.74, 6) is -1.67. The lowest BCUT2D eigenvalue weighted by Gasteiger charge is -2.25. The van der Waals surface area contributed by atoms with Gasteiger partial charge in [-0.1, -0.05) is 30.3 Å². The highest BCUT2D eigenvalue weighted by atomic mass is 35.5. The summed E-state index contributed by atoms with van der Waals surface area (Å²) in [5, 5.41) is 16.3. The van der Waals surface area contributed by atoms with Crippen LogP contribution in [0.4, 0.5) is 13.2 Å². The molecule has 0 aliphatic carbocycles. The quantitative estimate of drug-likeness (QED) is 0.529. The first-order valence-electron chi connectivity index (χ1n) is 9.39. The zero-order valence-corrected chi connectivity index (χ0v) is 18.9. The summed E-state index contributed by atoms with van der Waals surface area (Å²) >= 11 is 0. The number of aliphatic carboxylic acids is 1. The van der Waals surface area contributed by atoms with Crippen molar-refractivity contribution in [3.8, 4) is 11.5 Å². The minimum absolute atomic E-state index is 0. The van der Waals surface area contributed by atoms with Crippen LogP contribution in [-0.4, -0.2) is 36.6 Å². The van der Waals surface area contributed by atoms with Crippen LogP contribution in [0.15, 0.2) is 48.5 Å². The van der Waals surface area contributed by atoms with E-state index in [1.165, 1.54) is 25.3 Å². The van der Waals surface area contributed by atoms with Crippen LogP contribution in [0.1, 0.15) is 24.1 Å². The summed E-state index contributed by atoms with van der Waals surface area (Å²) in [6, 6.07) is 12.1. The predicted octanol–water partition coefficient (Wildman–Crippen LogP) is 4.33. The fourth-order valence-corrected chi connectivity index (χ4v) is 3.90. The van der Waals surface area contributed by atoms with E-state index < -0.39 is 24.3 Å². The molecule has 2 aromatic carbocycles. The van der Waals surface area contributed by atoms with Gasteiger partial charge in [0.2, 0.25) is 0 Å². The van der Waals surface area contributed by atoms with Crippen LogP contribution in [0.3, 0.4) is 0 Å². The van der Waals surface area contributed by atoms with Crippen LogP contribution >= 0.6 is 24.8 Å². The van der Waals surface area contributed by atoms with Crippen molar-refractivity contribution in [2.75, 3.05) is 7.11 Å². The molecule has 178 valence electrons. The van der Waals surface area contributed by atoms with Crippen LogP contribution in [0, 0.1) is 5.92 Å². The molecule has 6 nitrogen and oxygen atoms in total. The summed E-state index contributed by atoms with van der Waals surface area (Å²) in [5.41, 5.74) is 1.35. The molecule has 1 fully saturated rings. The van der Waals surface area contributed by atoms with Gasteiger partial charge in [-0.2, -0.15) is 0 Å². The number of carboxylic acids is 1. The molecule has 3 N–H and O–H groups in total. The Balaban J connectivity index is 0.00000256. The van der Waals surface area contributed by atoms with Gasteiger partial charge in [-0.05, 0) is 30.7 Å². The summed E-state index contributed by atoms with van der Waals surface area (Å²) in [6.45, 7) is 1.90. The number of alkyl halides is 3. The average molecular weight is 497 g/mol. The second-order valence-electron chi connectivity index (χ2n) is 7.14. The SMILES string of the molecule is COc1ccc(OC(F)(F)F)cc1CNC1C(c2ccccc2)NC(C)C1C(=O)O.Cl.Cl. The third-order valence-corrected chi connectivity index (χ3v) is 5.18. The van der Waals surface area contributed by atoms with E-state index in [-0.39, 0.29) is 49.2 Å². The number of methoxy groups -OCH3 is 1. The molecule has 4 atom stereocenters. The molecular weight excluding hydrogens is 472 g/mol. The molecular formula is C21H25Cl2F3N2O4. The molecule has 0 amide bonds. The molecule has 11 heteroatoms. The van der Waals surface area contributed by atoms with E-state index in [0.717, 1.165) is 5.56 Å². The van der Waals surface area contributed by atoms with Crippen molar-refractivity contribution in [2.24, 2.45) is 5.92 Å². The molecule has 1 heterocycles. The van der Waals surface area contributed by atoms with Crippen LogP contribution in [0.2, 0.25) is 0 Å². The molecule has 1 aliphatic heterocycles. The molecule has 32 heavy (non-hydrogen) atoms. The third-order valence-electron chi connectivity index (χ3n) is 5.18. The standard InChI is InChI=1S/C21H23F3N2O4.2ClH/c1-12-17(20(27)28)19(18(26-12)13-6-4-3-5-7-13)25-11-14-10-15(30-21(22,23)24)8-9-16(14)29-2;;/h3-10,12,17-19,25-26H,11H2,1-2H3,(H,27,28);2*1H. The molecule has 3 rings (SSSR count). The largest absolute Gasteiger partial charge is 0.573 e. The Morgan fingerprint density at radius 1 is 1.16 bits per heavy atom. The summed E-state index contributed by atoms with van der Waals surface area (Å²) < 4.78 is 46.9. The van der Waals surface area contributed by atoms with Gasteiger partial charge in [-0.3, -0.25) is 4.79 Å². The number of carboxylic acid groups (broad SMARTS) is 1. The Hall–Kier alpha value is -2.20. The first kappa shape index (κ1) is 27.8. The molecule has 0 radical (unpaired) electrons. The van der Waals surface area contributed by atoms with Crippen LogP contribution in [0.25, 0.3) is 0 Å². The molecule has 2 aromatic rings. The van der Waals surface area contributed by atoms with Crippen LogP contribution in [-0.2, 0) is 11.3 Å². The van der Waals surface area contributed by atoms with E-state index in [9.17, 15) is 23.1 Å². The number of hydrogen-bond acceptors (Lipinski definition) is 5. The van der Waals surface area contributed by atoms with E-state index in [2.05, 4.69) is 15.4 Å². The molecule has 0 spiro atoms. The topological polar surface area (TPSA) is 79.8 Å². The van der Waals surface area contributed by atoms with Crippen LogP contribution in [0.5, 0.6) is 11.5 Å². The van der Waals surface area contributed by atoms with Crippen molar-refractivity contribution >= 4 is 30.8 Å². The summed E-state index contributed by atoms with van der Waals surface area (Å²) in [6.07, 6.45) is -4.81. The van der Waals surface area contributed by atoms with E-state index in [4.69, 9.17) is 4.74 Å². The van der Waals surface area contributed by atoms with Gasteiger partial charge in [-0.25, -0.2) is 0 Å². The van der Waals surface area contributed by atoms with Gasteiger partial charge in [0.15, 0.2) is 0 Å². The van der Waals surface area contributed by atoms with Gasteiger partial charge in [0.25, 0.3) is 0 Å². The number of carbonyl (C=O) groups is 1. The lowest BCUT2D eigenvalue weighted by molar-refractivity contribution is -0.274. The molecule has 0 bridgehead atoms. The number of ether oxygens (including phenoxy) is 2. The lowest BCUT2D eigenvalue weighted by Crippen LogP contribution is -2.41. The highest BCUT2D eigenvalue weighted by Gasteiger charge is 2.45. The van der Waals surface area contributed by atoms with E-state index >= 15 is 0 Å². The Morgan fingerprint density at radius 2 is 1.81 bits per heavy atom. The van der Waals surface area contributed by atoms with E-state index in [1.54, 1.807) is 6.92 Å². The highest BCUT2D eigenvalue weighted by molar-refractivity contribution is 5.85. The molecule has 0 aromatic heterocycles. The fraction of sp³-hybridized carbons (Fsp3) is 0.381. The maximum atomic E-state index is 12.6. The number of hydrogen-bond donors (Lipinski definition) is 3. The van der Waals surface area contributed by atoms with Gasteiger partial charge in [0, 0.05) is 30.2 Å². The number of rotatable bonds is 7. The second kappa shape index (κ2) is 11.6. The van der Waals surface area contributed by atoms with Crippen molar-refractivity contribution in [3.63, 3.8) is 0 Å². The zero-order chi connectivity index (χ0) is 21.9. The fourth-order valence-electron chi connectivity index (χ4n) is 3.90. The molecule has 0 saturated carbocycles. The molecule has 1 aliphatic rings. The molecule has 4 unspecified atom stereocenters. The number of nitrogens with one attached hydrogen (secondary N) is 2. The second-order valence-corrected chi connectivity index (χ2v) is 7.14. The average Bonchev–Trinajstić information content (AvgIpc) is 3.02. The molecule has 1 saturated heterocycles. The Bertz CT molecular complexity index is 887. The first-order valence-corrected chi connectivity index (χ1v) is 9.39. The number of benzene rings is 2. The van der Waals surface area contributed by atoms with Crippen molar-refractivity contribution < 1.29 is 32.5 Å². The highest BCUT2D eigenvalue weighted by Crippen LogP contribution is 2.33. The maximum Gasteiger partial charge on any atom is 0.573 e. The Kier molecular flexibility index (Phi) is 10.1. The van der Waals surface area contributed by atoms with Gasteiger partial charge in [-0.15, -0.1) is 38.0 Å². The van der Waals surface area contributed by atoms with E-state index in [1.807, 2.05) is 30.3 Å². The minimum atomic E-state index is -4.81. The van der Waals surface area contributed by atoms with Crippen molar-refractivity contribution in [3.05, 3.63) is 59.7 Å². The maximum absolute atomic E-state index is 12.6. The summed E-state index contributed by atoms with van der Waals surface area (Å²) in [7, 11) is 1.41. The monoisotopic (exact) mass is 496 g/mol. The third kappa shape index (κ3) is 6.65. The van der Waals surface area contributed by atoms with Gasteiger partial charge in [0.1, 0.15) is 11.5 Å². The predicted molar refractivity (Wildman–Crippen MR) is 118 cm³/mol. The van der Waals surface area contributed by atoms with Gasteiger partial charge in [0.05, 0.1) is 13.0 Å². The summed E-state index contributed by atoms with van der Waals surface area (Å²) in [4.78, 5) is 11.9. The van der Waals surface area contributed by atoms with Crippen molar-refractivity contribution in [2.45, 2.75) is 38.0 Å². The zero-order valence-electron chi connectivity index (χ0n) is 17.3.